The first-order valence-corrected chi connectivity index (χ1v) is 5.36. The van der Waals surface area contributed by atoms with E-state index in [4.69, 9.17) is 5.11 Å². The highest BCUT2D eigenvalue weighted by Gasteiger charge is 2.19. The van der Waals surface area contributed by atoms with E-state index in [0.29, 0.717) is 0 Å². The molecule has 0 aromatic carbocycles. The SMILES string of the molecule is CC(CC(=O)O)N(C)C(C)c1ccncc1. The van der Waals surface area contributed by atoms with Gasteiger partial charge in [-0.25, -0.2) is 0 Å². The van der Waals surface area contributed by atoms with Crippen LogP contribution in [0.15, 0.2) is 24.5 Å². The van der Waals surface area contributed by atoms with Gasteiger partial charge in [0, 0.05) is 24.5 Å². The molecule has 88 valence electrons. The number of pyridine rings is 1. The minimum absolute atomic E-state index is 0.0145. The number of hydrogen-bond donors (Lipinski definition) is 1. The van der Waals surface area contributed by atoms with Crippen molar-refractivity contribution in [1.82, 2.24) is 9.88 Å². The Balaban J connectivity index is 2.67. The highest BCUT2D eigenvalue weighted by molar-refractivity contribution is 5.67. The van der Waals surface area contributed by atoms with Crippen molar-refractivity contribution in [3.63, 3.8) is 0 Å². The van der Waals surface area contributed by atoms with Gasteiger partial charge >= 0.3 is 5.97 Å². The Labute approximate surface area is 95.9 Å². The third-order valence-electron chi connectivity index (χ3n) is 2.96. The van der Waals surface area contributed by atoms with Crippen LogP contribution in [-0.2, 0) is 4.79 Å². The molecule has 0 aliphatic heterocycles. The lowest BCUT2D eigenvalue weighted by molar-refractivity contribution is -0.138. The summed E-state index contributed by atoms with van der Waals surface area (Å²) in [6.45, 7) is 3.99. The molecule has 1 aromatic rings. The normalized spacial score (nSPS) is 14.8. The number of rotatable bonds is 5. The van der Waals surface area contributed by atoms with Crippen LogP contribution >= 0.6 is 0 Å². The summed E-state index contributed by atoms with van der Waals surface area (Å²) >= 11 is 0. The topological polar surface area (TPSA) is 53.4 Å². The van der Waals surface area contributed by atoms with E-state index in [2.05, 4.69) is 16.8 Å². The standard InChI is InChI=1S/C12H18N2O2/c1-9(8-12(15)16)14(3)10(2)11-4-6-13-7-5-11/h4-7,9-10H,8H2,1-3H3,(H,15,16). The number of aliphatic carboxylic acids is 1. The summed E-state index contributed by atoms with van der Waals surface area (Å²) in [6.07, 6.45) is 3.66. The number of carboxylic acid groups (broad SMARTS) is 1. The van der Waals surface area contributed by atoms with Gasteiger partial charge in [-0.15, -0.1) is 0 Å². The summed E-state index contributed by atoms with van der Waals surface area (Å²) in [7, 11) is 1.94. The molecular weight excluding hydrogens is 204 g/mol. The third kappa shape index (κ3) is 3.31. The van der Waals surface area contributed by atoms with Crippen LogP contribution in [0, 0.1) is 0 Å². The average Bonchev–Trinajstić information content (AvgIpc) is 2.27. The van der Waals surface area contributed by atoms with E-state index in [1.807, 2.05) is 26.1 Å². The van der Waals surface area contributed by atoms with E-state index < -0.39 is 5.97 Å². The summed E-state index contributed by atoms with van der Waals surface area (Å²) < 4.78 is 0. The maximum absolute atomic E-state index is 10.6. The first-order chi connectivity index (χ1) is 7.52. The molecule has 0 saturated heterocycles. The molecule has 0 amide bonds. The molecule has 4 nitrogen and oxygen atoms in total. The van der Waals surface area contributed by atoms with Gasteiger partial charge in [0.15, 0.2) is 0 Å². The fourth-order valence-electron chi connectivity index (χ4n) is 1.66. The Morgan fingerprint density at radius 1 is 1.44 bits per heavy atom. The zero-order valence-corrected chi connectivity index (χ0v) is 9.92. The van der Waals surface area contributed by atoms with Gasteiger partial charge < -0.3 is 5.11 Å². The lowest BCUT2D eigenvalue weighted by Gasteiger charge is -2.30. The smallest absolute Gasteiger partial charge is 0.304 e. The zero-order chi connectivity index (χ0) is 12.1. The molecule has 0 aliphatic rings. The van der Waals surface area contributed by atoms with Crippen LogP contribution in [0.3, 0.4) is 0 Å². The second kappa shape index (κ2) is 5.61. The van der Waals surface area contributed by atoms with Crippen molar-refractivity contribution < 1.29 is 9.90 Å². The molecule has 4 heteroatoms. The molecule has 0 spiro atoms. The van der Waals surface area contributed by atoms with Gasteiger partial charge in [-0.2, -0.15) is 0 Å². The Hall–Kier alpha value is -1.42. The van der Waals surface area contributed by atoms with Crippen LogP contribution in [0.5, 0.6) is 0 Å². The van der Waals surface area contributed by atoms with Gasteiger partial charge in [-0.3, -0.25) is 14.7 Å². The summed E-state index contributed by atoms with van der Waals surface area (Å²) in [4.78, 5) is 16.7. The van der Waals surface area contributed by atoms with Crippen LogP contribution < -0.4 is 0 Å². The number of carbonyl (C=O) groups is 1. The minimum Gasteiger partial charge on any atom is -0.481 e. The highest BCUT2D eigenvalue weighted by atomic mass is 16.4. The number of hydrogen-bond acceptors (Lipinski definition) is 3. The van der Waals surface area contributed by atoms with E-state index in [1.165, 1.54) is 0 Å². The molecule has 1 heterocycles. The third-order valence-corrected chi connectivity index (χ3v) is 2.96. The first kappa shape index (κ1) is 12.6. The van der Waals surface area contributed by atoms with E-state index in [9.17, 15) is 4.79 Å². The molecule has 0 aliphatic carbocycles. The van der Waals surface area contributed by atoms with Crippen molar-refractivity contribution in [3.8, 4) is 0 Å². The molecule has 2 atom stereocenters. The lowest BCUT2D eigenvalue weighted by Crippen LogP contribution is -2.33. The van der Waals surface area contributed by atoms with Crippen molar-refractivity contribution >= 4 is 5.97 Å². The summed E-state index contributed by atoms with van der Waals surface area (Å²) in [6, 6.07) is 4.11. The molecule has 1 aromatic heterocycles. The van der Waals surface area contributed by atoms with Crippen molar-refractivity contribution in [3.05, 3.63) is 30.1 Å². The summed E-state index contributed by atoms with van der Waals surface area (Å²) in [5.41, 5.74) is 1.15. The van der Waals surface area contributed by atoms with Gasteiger partial charge in [-0.1, -0.05) is 0 Å². The predicted molar refractivity (Wildman–Crippen MR) is 62.1 cm³/mol. The quantitative estimate of drug-likeness (QED) is 0.827. The molecule has 0 radical (unpaired) electrons. The maximum Gasteiger partial charge on any atom is 0.304 e. The van der Waals surface area contributed by atoms with Crippen molar-refractivity contribution in [2.24, 2.45) is 0 Å². The van der Waals surface area contributed by atoms with Crippen LogP contribution in [0.25, 0.3) is 0 Å². The summed E-state index contributed by atoms with van der Waals surface area (Å²) in [5.74, 6) is -0.763. The Morgan fingerprint density at radius 3 is 2.50 bits per heavy atom. The van der Waals surface area contributed by atoms with Gasteiger partial charge in [0.25, 0.3) is 0 Å². The van der Waals surface area contributed by atoms with Crippen molar-refractivity contribution in [2.75, 3.05) is 7.05 Å². The zero-order valence-electron chi connectivity index (χ0n) is 9.92. The number of carboxylic acids is 1. The fourth-order valence-corrected chi connectivity index (χ4v) is 1.66. The lowest BCUT2D eigenvalue weighted by atomic mass is 10.1. The molecule has 2 unspecified atom stereocenters. The first-order valence-electron chi connectivity index (χ1n) is 5.36. The maximum atomic E-state index is 10.6. The second-order valence-electron chi connectivity index (χ2n) is 4.07. The van der Waals surface area contributed by atoms with Gasteiger partial charge in [0.2, 0.25) is 0 Å². The van der Waals surface area contributed by atoms with Gasteiger partial charge in [-0.05, 0) is 38.6 Å². The molecule has 0 fully saturated rings. The fraction of sp³-hybridized carbons (Fsp3) is 0.500. The van der Waals surface area contributed by atoms with Crippen molar-refractivity contribution in [1.29, 1.82) is 0 Å². The monoisotopic (exact) mass is 222 g/mol. The van der Waals surface area contributed by atoms with Crippen LogP contribution in [0.4, 0.5) is 0 Å². The Bertz CT molecular complexity index is 340. The summed E-state index contributed by atoms with van der Waals surface area (Å²) in [5, 5.41) is 8.75. The Kier molecular flexibility index (Phi) is 4.43. The van der Waals surface area contributed by atoms with E-state index in [1.54, 1.807) is 12.4 Å². The van der Waals surface area contributed by atoms with Gasteiger partial charge in [0.1, 0.15) is 0 Å². The van der Waals surface area contributed by atoms with E-state index in [0.717, 1.165) is 5.56 Å². The van der Waals surface area contributed by atoms with E-state index >= 15 is 0 Å². The van der Waals surface area contributed by atoms with E-state index in [-0.39, 0.29) is 18.5 Å². The van der Waals surface area contributed by atoms with Crippen LogP contribution in [0.1, 0.15) is 31.9 Å². The minimum atomic E-state index is -0.763. The molecular formula is C12H18N2O2. The predicted octanol–water partition coefficient (Wildman–Crippen LogP) is 1.94. The number of nitrogens with zero attached hydrogens (tertiary/aromatic N) is 2. The van der Waals surface area contributed by atoms with Gasteiger partial charge in [0.05, 0.1) is 6.42 Å². The number of aromatic nitrogens is 1. The van der Waals surface area contributed by atoms with Crippen LogP contribution in [0.2, 0.25) is 0 Å². The van der Waals surface area contributed by atoms with Crippen LogP contribution in [-0.4, -0.2) is 34.0 Å². The molecule has 0 bridgehead atoms. The second-order valence-corrected chi connectivity index (χ2v) is 4.07. The molecule has 1 rings (SSSR count). The Morgan fingerprint density at radius 2 is 2.00 bits per heavy atom. The van der Waals surface area contributed by atoms with Crippen molar-refractivity contribution in [2.45, 2.75) is 32.4 Å². The molecule has 1 N–H and O–H groups in total. The highest BCUT2D eigenvalue weighted by Crippen LogP contribution is 2.20. The molecule has 16 heavy (non-hydrogen) atoms. The largest absolute Gasteiger partial charge is 0.481 e. The average molecular weight is 222 g/mol. The molecule has 0 saturated carbocycles.